The van der Waals surface area contributed by atoms with Crippen molar-refractivity contribution in [1.82, 2.24) is 0 Å². The van der Waals surface area contributed by atoms with Crippen LogP contribution in [-0.4, -0.2) is 44.5 Å². The van der Waals surface area contributed by atoms with Crippen LogP contribution in [0.25, 0.3) is 0 Å². The topological polar surface area (TPSA) is 77.3 Å². The molecule has 0 aliphatic carbocycles. The molecule has 0 heterocycles. The third-order valence-corrected chi connectivity index (χ3v) is 7.91. The predicted octanol–water partition coefficient (Wildman–Crippen LogP) is 7.29. The quantitative estimate of drug-likeness (QED) is 0.0814. The number of Topliss-reactive ketones (excluding diaryl/α,β-unsaturated/α-hetero) is 1. The Morgan fingerprint density at radius 1 is 0.750 bits per heavy atom. The molecule has 2 atom stereocenters. The van der Waals surface area contributed by atoms with E-state index >= 15 is 0 Å². The summed E-state index contributed by atoms with van der Waals surface area (Å²) in [6, 6.07) is 0. The summed E-state index contributed by atoms with van der Waals surface area (Å²) in [4.78, 5) is 23.2. The lowest BCUT2D eigenvalue weighted by atomic mass is 9.95. The second kappa shape index (κ2) is 25.0. The lowest BCUT2D eigenvalue weighted by molar-refractivity contribution is -0.858. The van der Waals surface area contributed by atoms with Crippen molar-refractivity contribution < 1.29 is 28.2 Å². The van der Waals surface area contributed by atoms with Gasteiger partial charge in [0.05, 0.1) is 33.9 Å². The van der Waals surface area contributed by atoms with E-state index in [1.54, 1.807) is 0 Å². The molecule has 2 unspecified atom stereocenters. The molecule has 2 N–H and O–H groups in total. The normalized spacial score (nSPS) is 14.3. The fourth-order valence-corrected chi connectivity index (χ4v) is 5.37. The van der Waals surface area contributed by atoms with E-state index in [-0.39, 0.29) is 24.9 Å². The molecule has 0 aliphatic heterocycles. The van der Waals surface area contributed by atoms with Gasteiger partial charge in [-0.1, -0.05) is 117 Å². The van der Waals surface area contributed by atoms with Crippen molar-refractivity contribution in [3.63, 3.8) is 0 Å². The number of carbonyl (C=O) groups is 1. The Hall–Kier alpha value is -0.260. The molecular weight excluding hydrogens is 473 g/mol. The van der Waals surface area contributed by atoms with Gasteiger partial charge in [0.25, 0.3) is 0 Å². The van der Waals surface area contributed by atoms with E-state index in [1.165, 1.54) is 94.8 Å². The molecule has 0 saturated carbocycles. The third kappa shape index (κ3) is 25.4. The van der Waals surface area contributed by atoms with Gasteiger partial charge in [0, 0.05) is 19.3 Å². The van der Waals surface area contributed by atoms with E-state index in [0.717, 1.165) is 25.8 Å². The molecule has 0 aromatic rings. The highest BCUT2D eigenvalue weighted by Crippen LogP contribution is 2.44. The minimum absolute atomic E-state index is 0.0145. The van der Waals surface area contributed by atoms with Crippen LogP contribution in [0.5, 0.6) is 0 Å². The smallest absolute Gasteiger partial charge is 0.340 e. The number of nitrogens with one attached hydrogen (secondary N) is 1. The molecule has 0 rings (SSSR count). The van der Waals surface area contributed by atoms with Gasteiger partial charge in [-0.25, -0.2) is 4.57 Å². The summed E-state index contributed by atoms with van der Waals surface area (Å²) in [7, 11) is 0.00683. The zero-order valence-corrected chi connectivity index (χ0v) is 25.3. The third-order valence-electron chi connectivity index (χ3n) is 6.93. The fraction of sp³-hybridized carbons (Fsp3) is 0.966. The lowest BCUT2D eigenvalue weighted by Gasteiger charge is -2.19. The van der Waals surface area contributed by atoms with E-state index in [1.807, 2.05) is 21.0 Å². The van der Waals surface area contributed by atoms with Gasteiger partial charge < -0.3 is 9.79 Å². The second-order valence-electron chi connectivity index (χ2n) is 11.0. The van der Waals surface area contributed by atoms with Crippen molar-refractivity contribution in [1.29, 1.82) is 0 Å². The van der Waals surface area contributed by atoms with Gasteiger partial charge in [-0.2, -0.15) is 0 Å². The zero-order valence-electron chi connectivity index (χ0n) is 24.4. The van der Waals surface area contributed by atoms with Gasteiger partial charge in [0.15, 0.2) is 0 Å². The Labute approximate surface area is 223 Å². The Morgan fingerprint density at radius 2 is 1.22 bits per heavy atom. The molecule has 0 spiro atoms. The summed E-state index contributed by atoms with van der Waals surface area (Å²) < 4.78 is 22.5. The molecule has 0 fully saturated rings. The SMILES string of the molecule is CCCCCCCCCCCCCCCCCCC(COP(=O)(O)OCCC[NH+](C)C)CC(=O)CC. The maximum Gasteiger partial charge on any atom is 0.472 e. The second-order valence-corrected chi connectivity index (χ2v) is 12.4. The van der Waals surface area contributed by atoms with Crippen LogP contribution in [-0.2, 0) is 18.4 Å². The highest BCUT2D eigenvalue weighted by atomic mass is 31.2. The number of hydrogen-bond donors (Lipinski definition) is 2. The number of phosphoric acid groups is 1. The summed E-state index contributed by atoms with van der Waals surface area (Å²) in [5.41, 5.74) is 0. The van der Waals surface area contributed by atoms with Crippen molar-refractivity contribution in [2.24, 2.45) is 5.92 Å². The number of unbranched alkanes of at least 4 members (excludes halogenated alkanes) is 15. The van der Waals surface area contributed by atoms with E-state index in [9.17, 15) is 14.3 Å². The van der Waals surface area contributed by atoms with Crippen molar-refractivity contribution in [3.8, 4) is 0 Å². The average Bonchev–Trinajstić information content (AvgIpc) is 2.84. The van der Waals surface area contributed by atoms with Crippen LogP contribution in [0.2, 0.25) is 0 Å². The van der Waals surface area contributed by atoms with Crippen LogP contribution in [0.15, 0.2) is 0 Å². The minimum atomic E-state index is -4.05. The van der Waals surface area contributed by atoms with Gasteiger partial charge in [-0.3, -0.25) is 13.8 Å². The molecule has 0 aromatic heterocycles. The molecule has 0 saturated heterocycles. The summed E-state index contributed by atoms with van der Waals surface area (Å²) >= 11 is 0. The van der Waals surface area contributed by atoms with Crippen LogP contribution >= 0.6 is 7.82 Å². The standard InChI is InChI=1S/C29H60NO5P/c1-5-7-8-9-10-11-12-13-14-15-16-17-18-19-20-21-23-28(26-29(31)6-2)27-35-36(32,33)34-25-22-24-30(3)4/h28H,5-27H2,1-4H3,(H,32,33)/p+1. The van der Waals surface area contributed by atoms with Crippen LogP contribution in [0.4, 0.5) is 0 Å². The maximum absolute atomic E-state index is 12.2. The molecule has 0 bridgehead atoms. The minimum Gasteiger partial charge on any atom is -0.340 e. The molecule has 36 heavy (non-hydrogen) atoms. The summed E-state index contributed by atoms with van der Waals surface area (Å²) in [6.07, 6.45) is 23.8. The molecule has 0 aliphatic rings. The van der Waals surface area contributed by atoms with Gasteiger partial charge in [-0.05, 0) is 12.3 Å². The zero-order chi connectivity index (χ0) is 26.9. The number of carbonyl (C=O) groups excluding carboxylic acids is 1. The Balaban J connectivity index is 3.84. The Bertz CT molecular complexity index is 544. The van der Waals surface area contributed by atoms with Crippen molar-refractivity contribution in [3.05, 3.63) is 0 Å². The monoisotopic (exact) mass is 534 g/mol. The summed E-state index contributed by atoms with van der Waals surface area (Å²) in [5, 5.41) is 0. The fourth-order valence-electron chi connectivity index (χ4n) is 4.53. The van der Waals surface area contributed by atoms with Gasteiger partial charge in [-0.15, -0.1) is 0 Å². The first-order valence-electron chi connectivity index (χ1n) is 15.2. The lowest BCUT2D eigenvalue weighted by Crippen LogP contribution is -3.05. The number of rotatable bonds is 28. The van der Waals surface area contributed by atoms with Crippen molar-refractivity contribution >= 4 is 13.6 Å². The summed E-state index contributed by atoms with van der Waals surface area (Å²) in [5.74, 6) is 0.169. The van der Waals surface area contributed by atoms with E-state index < -0.39 is 7.82 Å². The van der Waals surface area contributed by atoms with Crippen LogP contribution in [0.1, 0.15) is 142 Å². The van der Waals surface area contributed by atoms with Crippen LogP contribution in [0.3, 0.4) is 0 Å². The number of phosphoric ester groups is 1. The first-order valence-corrected chi connectivity index (χ1v) is 16.7. The van der Waals surface area contributed by atoms with Crippen molar-refractivity contribution in [2.75, 3.05) is 33.9 Å². The predicted molar refractivity (Wildman–Crippen MR) is 152 cm³/mol. The highest BCUT2D eigenvalue weighted by Gasteiger charge is 2.24. The van der Waals surface area contributed by atoms with Crippen LogP contribution < -0.4 is 4.90 Å². The molecule has 0 amide bonds. The maximum atomic E-state index is 12.2. The molecule has 7 heteroatoms. The number of hydrogen-bond acceptors (Lipinski definition) is 4. The Kier molecular flexibility index (Phi) is 24.9. The molecule has 0 radical (unpaired) electrons. The first kappa shape index (κ1) is 35.7. The van der Waals surface area contributed by atoms with Gasteiger partial charge >= 0.3 is 7.82 Å². The van der Waals surface area contributed by atoms with Crippen molar-refractivity contribution in [2.45, 2.75) is 142 Å². The molecular formula is C29H61NO5P+. The number of ketones is 1. The van der Waals surface area contributed by atoms with E-state index in [0.29, 0.717) is 19.3 Å². The largest absolute Gasteiger partial charge is 0.472 e. The molecule has 6 nitrogen and oxygen atoms in total. The van der Waals surface area contributed by atoms with Crippen LogP contribution in [0, 0.1) is 5.92 Å². The highest BCUT2D eigenvalue weighted by molar-refractivity contribution is 7.47. The number of quaternary nitrogens is 1. The van der Waals surface area contributed by atoms with E-state index in [2.05, 4.69) is 6.92 Å². The van der Waals surface area contributed by atoms with Gasteiger partial charge in [0.2, 0.25) is 0 Å². The molecule has 0 aromatic carbocycles. The van der Waals surface area contributed by atoms with E-state index in [4.69, 9.17) is 9.05 Å². The average molecular weight is 535 g/mol. The Morgan fingerprint density at radius 3 is 1.67 bits per heavy atom. The molecule has 216 valence electrons. The van der Waals surface area contributed by atoms with Gasteiger partial charge in [0.1, 0.15) is 5.78 Å². The first-order chi connectivity index (χ1) is 17.3. The summed E-state index contributed by atoms with van der Waals surface area (Å²) in [6.45, 7) is 5.32.